The van der Waals surface area contributed by atoms with Crippen molar-refractivity contribution in [2.24, 2.45) is 0 Å². The van der Waals surface area contributed by atoms with Crippen LogP contribution in [0.1, 0.15) is 11.1 Å². The molecule has 2 N–H and O–H groups in total. The number of nitrogens with one attached hydrogen (secondary N) is 2. The SMILES string of the molecule is O=C(N/C=C/c1ccccc1F)NCc1ccc(Cl)cc1. The normalized spacial score (nSPS) is 10.6. The first-order valence-corrected chi connectivity index (χ1v) is 6.73. The largest absolute Gasteiger partial charge is 0.334 e. The van der Waals surface area contributed by atoms with E-state index in [1.165, 1.54) is 18.3 Å². The first-order valence-electron chi connectivity index (χ1n) is 6.35. The summed E-state index contributed by atoms with van der Waals surface area (Å²) in [4.78, 5) is 11.6. The van der Waals surface area contributed by atoms with Crippen molar-refractivity contribution in [3.63, 3.8) is 0 Å². The van der Waals surface area contributed by atoms with Gasteiger partial charge in [0.25, 0.3) is 0 Å². The Labute approximate surface area is 127 Å². The molecule has 21 heavy (non-hydrogen) atoms. The average Bonchev–Trinajstić information content (AvgIpc) is 2.49. The Bertz CT molecular complexity index is 641. The maximum atomic E-state index is 13.3. The second kappa shape index (κ2) is 7.45. The number of halogens is 2. The molecule has 2 aromatic carbocycles. The van der Waals surface area contributed by atoms with E-state index in [0.717, 1.165) is 5.56 Å². The number of rotatable bonds is 4. The van der Waals surface area contributed by atoms with E-state index < -0.39 is 0 Å². The Morgan fingerprint density at radius 3 is 2.57 bits per heavy atom. The Kier molecular flexibility index (Phi) is 5.35. The van der Waals surface area contributed by atoms with Crippen LogP contribution in [0, 0.1) is 5.82 Å². The van der Waals surface area contributed by atoms with Crippen LogP contribution >= 0.6 is 11.6 Å². The molecule has 0 atom stereocenters. The summed E-state index contributed by atoms with van der Waals surface area (Å²) in [6, 6.07) is 13.1. The van der Waals surface area contributed by atoms with Crippen molar-refractivity contribution in [2.45, 2.75) is 6.54 Å². The van der Waals surface area contributed by atoms with Gasteiger partial charge in [-0.3, -0.25) is 0 Å². The number of urea groups is 1. The molecular weight excluding hydrogens is 291 g/mol. The molecule has 2 aromatic rings. The summed E-state index contributed by atoms with van der Waals surface area (Å²) in [6.45, 7) is 0.385. The Morgan fingerprint density at radius 1 is 1.14 bits per heavy atom. The molecule has 0 heterocycles. The summed E-state index contributed by atoms with van der Waals surface area (Å²) in [5, 5.41) is 5.85. The maximum absolute atomic E-state index is 13.3. The van der Waals surface area contributed by atoms with Gasteiger partial charge in [0, 0.05) is 23.3 Å². The van der Waals surface area contributed by atoms with E-state index in [-0.39, 0.29) is 11.8 Å². The van der Waals surface area contributed by atoms with E-state index in [4.69, 9.17) is 11.6 Å². The molecule has 0 saturated carbocycles. The van der Waals surface area contributed by atoms with E-state index >= 15 is 0 Å². The van der Waals surface area contributed by atoms with E-state index in [2.05, 4.69) is 10.6 Å². The van der Waals surface area contributed by atoms with E-state index in [0.29, 0.717) is 17.1 Å². The van der Waals surface area contributed by atoms with Gasteiger partial charge < -0.3 is 10.6 Å². The first kappa shape index (κ1) is 15.1. The summed E-state index contributed by atoms with van der Waals surface area (Å²) in [6.07, 6.45) is 2.90. The van der Waals surface area contributed by atoms with Crippen LogP contribution in [-0.4, -0.2) is 6.03 Å². The third kappa shape index (κ3) is 4.93. The number of hydrogen-bond donors (Lipinski definition) is 2. The molecular formula is C16H14ClFN2O. The van der Waals surface area contributed by atoms with Gasteiger partial charge in [0.05, 0.1) is 0 Å². The van der Waals surface area contributed by atoms with E-state index in [1.807, 2.05) is 12.1 Å². The van der Waals surface area contributed by atoms with Crippen molar-refractivity contribution in [1.29, 1.82) is 0 Å². The fourth-order valence-electron chi connectivity index (χ4n) is 1.65. The summed E-state index contributed by atoms with van der Waals surface area (Å²) < 4.78 is 13.3. The van der Waals surface area contributed by atoms with E-state index in [9.17, 15) is 9.18 Å². The highest BCUT2D eigenvalue weighted by atomic mass is 35.5. The second-order valence-corrected chi connectivity index (χ2v) is 4.74. The number of carbonyl (C=O) groups is 1. The minimum absolute atomic E-state index is 0.336. The molecule has 0 aliphatic carbocycles. The smallest absolute Gasteiger partial charge is 0.319 e. The summed E-state index contributed by atoms with van der Waals surface area (Å²) >= 11 is 5.77. The summed E-state index contributed by atoms with van der Waals surface area (Å²) in [5.41, 5.74) is 1.35. The van der Waals surface area contributed by atoms with Crippen LogP contribution in [0.4, 0.5) is 9.18 Å². The lowest BCUT2D eigenvalue weighted by Gasteiger charge is -2.05. The summed E-state index contributed by atoms with van der Waals surface area (Å²) in [5.74, 6) is -0.336. The number of carbonyl (C=O) groups excluding carboxylic acids is 1. The fourth-order valence-corrected chi connectivity index (χ4v) is 1.78. The molecule has 0 saturated heterocycles. The molecule has 5 heteroatoms. The predicted octanol–water partition coefficient (Wildman–Crippen LogP) is 3.95. The van der Waals surface area contributed by atoms with Crippen molar-refractivity contribution >= 4 is 23.7 Å². The lowest BCUT2D eigenvalue weighted by atomic mass is 10.2. The number of amides is 2. The zero-order chi connectivity index (χ0) is 15.1. The van der Waals surface area contributed by atoms with Gasteiger partial charge in [0.1, 0.15) is 5.82 Å². The zero-order valence-corrected chi connectivity index (χ0v) is 11.9. The molecule has 0 fully saturated rings. The maximum Gasteiger partial charge on any atom is 0.319 e. The third-order valence-electron chi connectivity index (χ3n) is 2.75. The zero-order valence-electron chi connectivity index (χ0n) is 11.1. The van der Waals surface area contributed by atoms with Gasteiger partial charge in [-0.25, -0.2) is 9.18 Å². The third-order valence-corrected chi connectivity index (χ3v) is 3.00. The highest BCUT2D eigenvalue weighted by Gasteiger charge is 1.99. The topological polar surface area (TPSA) is 41.1 Å². The molecule has 2 amide bonds. The molecule has 0 bridgehead atoms. The standard InChI is InChI=1S/C16H14ClFN2O/c17-14-7-5-12(6-8-14)11-20-16(21)19-10-9-13-3-1-2-4-15(13)18/h1-10H,11H2,(H2,19,20,21)/b10-9+. The van der Waals surface area contributed by atoms with Crippen molar-refractivity contribution in [3.05, 3.63) is 76.7 Å². The van der Waals surface area contributed by atoms with Crippen LogP contribution < -0.4 is 10.6 Å². The lowest BCUT2D eigenvalue weighted by Crippen LogP contribution is -2.31. The van der Waals surface area contributed by atoms with Gasteiger partial charge in [0.2, 0.25) is 0 Å². The predicted molar refractivity (Wildman–Crippen MR) is 82.3 cm³/mol. The second-order valence-electron chi connectivity index (χ2n) is 4.31. The highest BCUT2D eigenvalue weighted by molar-refractivity contribution is 6.30. The molecule has 2 rings (SSSR count). The fraction of sp³-hybridized carbons (Fsp3) is 0.0625. The van der Waals surface area contributed by atoms with Crippen LogP contribution in [0.5, 0.6) is 0 Å². The molecule has 3 nitrogen and oxygen atoms in total. The minimum atomic E-state index is -0.363. The van der Waals surface area contributed by atoms with Crippen LogP contribution in [-0.2, 0) is 6.54 Å². The first-order chi connectivity index (χ1) is 10.1. The van der Waals surface area contributed by atoms with Crippen LogP contribution in [0.15, 0.2) is 54.7 Å². The molecule has 0 aliphatic rings. The van der Waals surface area contributed by atoms with Gasteiger partial charge in [-0.05, 0) is 29.8 Å². The number of benzene rings is 2. The quantitative estimate of drug-likeness (QED) is 0.882. The van der Waals surface area contributed by atoms with Crippen LogP contribution in [0.2, 0.25) is 5.02 Å². The molecule has 0 aromatic heterocycles. The van der Waals surface area contributed by atoms with Gasteiger partial charge in [0.15, 0.2) is 0 Å². The van der Waals surface area contributed by atoms with E-state index in [1.54, 1.807) is 30.3 Å². The Hall–Kier alpha value is -2.33. The Morgan fingerprint density at radius 2 is 1.86 bits per heavy atom. The minimum Gasteiger partial charge on any atom is -0.334 e. The van der Waals surface area contributed by atoms with Crippen molar-refractivity contribution in [1.82, 2.24) is 10.6 Å². The van der Waals surface area contributed by atoms with Gasteiger partial charge in [-0.2, -0.15) is 0 Å². The van der Waals surface area contributed by atoms with Crippen LogP contribution in [0.25, 0.3) is 6.08 Å². The molecule has 108 valence electrons. The molecule has 0 unspecified atom stereocenters. The van der Waals surface area contributed by atoms with Gasteiger partial charge in [-0.15, -0.1) is 0 Å². The highest BCUT2D eigenvalue weighted by Crippen LogP contribution is 2.09. The van der Waals surface area contributed by atoms with Crippen molar-refractivity contribution in [2.75, 3.05) is 0 Å². The molecule has 0 spiro atoms. The average molecular weight is 305 g/mol. The lowest BCUT2D eigenvalue weighted by molar-refractivity contribution is 0.244. The monoisotopic (exact) mass is 304 g/mol. The molecule has 0 radical (unpaired) electrons. The number of hydrogen-bond acceptors (Lipinski definition) is 1. The van der Waals surface area contributed by atoms with Crippen molar-refractivity contribution < 1.29 is 9.18 Å². The van der Waals surface area contributed by atoms with Crippen LogP contribution in [0.3, 0.4) is 0 Å². The Balaban J connectivity index is 1.80. The van der Waals surface area contributed by atoms with Crippen molar-refractivity contribution in [3.8, 4) is 0 Å². The van der Waals surface area contributed by atoms with Gasteiger partial charge in [-0.1, -0.05) is 41.9 Å². The van der Waals surface area contributed by atoms with Gasteiger partial charge >= 0.3 is 6.03 Å². The summed E-state index contributed by atoms with van der Waals surface area (Å²) in [7, 11) is 0. The molecule has 0 aliphatic heterocycles.